The van der Waals surface area contributed by atoms with Crippen LogP contribution in [0.15, 0.2) is 4.99 Å². The second kappa shape index (κ2) is 5.97. The summed E-state index contributed by atoms with van der Waals surface area (Å²) < 4.78 is 4.94. The summed E-state index contributed by atoms with van der Waals surface area (Å²) in [5.74, 6) is 1.44. The SMILES string of the molecule is COCCCN=C(N)C1CCCC1. The standard InChI is InChI=1S/C10H20N2O/c1-13-8-4-7-12-10(11)9-5-2-3-6-9/h9H,2-8H2,1H3,(H2,11,12). The van der Waals surface area contributed by atoms with Crippen molar-refractivity contribution in [3.63, 3.8) is 0 Å². The minimum absolute atomic E-state index is 0.572. The molecule has 1 fully saturated rings. The smallest absolute Gasteiger partial charge is 0.0968 e. The van der Waals surface area contributed by atoms with Crippen molar-refractivity contribution in [2.75, 3.05) is 20.3 Å². The quantitative estimate of drug-likeness (QED) is 0.400. The van der Waals surface area contributed by atoms with Crippen LogP contribution in [0.4, 0.5) is 0 Å². The zero-order valence-electron chi connectivity index (χ0n) is 8.46. The molecule has 3 heteroatoms. The highest BCUT2D eigenvalue weighted by molar-refractivity contribution is 5.83. The lowest BCUT2D eigenvalue weighted by atomic mass is 10.1. The van der Waals surface area contributed by atoms with Crippen LogP contribution in [0.3, 0.4) is 0 Å². The van der Waals surface area contributed by atoms with Crippen molar-refractivity contribution in [1.29, 1.82) is 0 Å². The normalized spacial score (nSPS) is 19.6. The topological polar surface area (TPSA) is 47.6 Å². The van der Waals surface area contributed by atoms with E-state index in [1.807, 2.05) is 0 Å². The van der Waals surface area contributed by atoms with Crippen LogP contribution in [-0.4, -0.2) is 26.1 Å². The molecule has 0 radical (unpaired) electrons. The Morgan fingerprint density at radius 2 is 2.15 bits per heavy atom. The zero-order valence-corrected chi connectivity index (χ0v) is 8.46. The van der Waals surface area contributed by atoms with Gasteiger partial charge in [-0.15, -0.1) is 0 Å². The van der Waals surface area contributed by atoms with E-state index in [1.54, 1.807) is 7.11 Å². The Morgan fingerprint density at radius 3 is 2.77 bits per heavy atom. The molecule has 0 aromatic rings. The third kappa shape index (κ3) is 3.77. The van der Waals surface area contributed by atoms with Crippen LogP contribution < -0.4 is 5.73 Å². The lowest BCUT2D eigenvalue weighted by Gasteiger charge is -2.07. The van der Waals surface area contributed by atoms with Gasteiger partial charge in [0.05, 0.1) is 5.84 Å². The highest BCUT2D eigenvalue weighted by Crippen LogP contribution is 2.24. The summed E-state index contributed by atoms with van der Waals surface area (Å²) in [4.78, 5) is 4.36. The minimum Gasteiger partial charge on any atom is -0.387 e. The van der Waals surface area contributed by atoms with Gasteiger partial charge in [0.2, 0.25) is 0 Å². The van der Waals surface area contributed by atoms with Crippen molar-refractivity contribution >= 4 is 5.84 Å². The largest absolute Gasteiger partial charge is 0.387 e. The van der Waals surface area contributed by atoms with E-state index in [1.165, 1.54) is 25.7 Å². The number of nitrogens with zero attached hydrogens (tertiary/aromatic N) is 1. The van der Waals surface area contributed by atoms with E-state index in [9.17, 15) is 0 Å². The molecule has 1 rings (SSSR count). The molecule has 76 valence electrons. The van der Waals surface area contributed by atoms with Crippen LogP contribution in [0, 0.1) is 5.92 Å². The third-order valence-corrected chi connectivity index (χ3v) is 2.57. The van der Waals surface area contributed by atoms with Crippen molar-refractivity contribution in [2.24, 2.45) is 16.6 Å². The summed E-state index contributed by atoms with van der Waals surface area (Å²) in [6, 6.07) is 0. The van der Waals surface area contributed by atoms with Gasteiger partial charge in [-0.2, -0.15) is 0 Å². The minimum atomic E-state index is 0.572. The molecular formula is C10H20N2O. The Bertz CT molecular complexity index is 162. The van der Waals surface area contributed by atoms with Crippen LogP contribution in [0.5, 0.6) is 0 Å². The molecule has 0 amide bonds. The Morgan fingerprint density at radius 1 is 1.46 bits per heavy atom. The highest BCUT2D eigenvalue weighted by atomic mass is 16.5. The molecule has 13 heavy (non-hydrogen) atoms. The average Bonchev–Trinajstić information content (AvgIpc) is 2.65. The van der Waals surface area contributed by atoms with Gasteiger partial charge in [-0.3, -0.25) is 4.99 Å². The monoisotopic (exact) mass is 184 g/mol. The van der Waals surface area contributed by atoms with Gasteiger partial charge in [-0.1, -0.05) is 12.8 Å². The van der Waals surface area contributed by atoms with Crippen molar-refractivity contribution in [1.82, 2.24) is 0 Å². The molecule has 0 heterocycles. The molecule has 0 aromatic heterocycles. The maximum Gasteiger partial charge on any atom is 0.0968 e. The summed E-state index contributed by atoms with van der Waals surface area (Å²) in [7, 11) is 1.71. The molecular weight excluding hydrogens is 164 g/mol. The highest BCUT2D eigenvalue weighted by Gasteiger charge is 2.17. The fourth-order valence-corrected chi connectivity index (χ4v) is 1.77. The van der Waals surface area contributed by atoms with E-state index in [4.69, 9.17) is 10.5 Å². The zero-order chi connectivity index (χ0) is 9.52. The fourth-order valence-electron chi connectivity index (χ4n) is 1.77. The third-order valence-electron chi connectivity index (χ3n) is 2.57. The molecule has 1 aliphatic carbocycles. The van der Waals surface area contributed by atoms with E-state index >= 15 is 0 Å². The molecule has 0 aliphatic heterocycles. The van der Waals surface area contributed by atoms with Crippen LogP contribution in [0.25, 0.3) is 0 Å². The Kier molecular flexibility index (Phi) is 4.83. The predicted octanol–water partition coefficient (Wildman–Crippen LogP) is 1.57. The molecule has 1 saturated carbocycles. The van der Waals surface area contributed by atoms with Gasteiger partial charge in [0.25, 0.3) is 0 Å². The molecule has 0 spiro atoms. The molecule has 3 nitrogen and oxygen atoms in total. The molecule has 0 aromatic carbocycles. The van der Waals surface area contributed by atoms with Gasteiger partial charge in [-0.25, -0.2) is 0 Å². The summed E-state index contributed by atoms with van der Waals surface area (Å²) in [5.41, 5.74) is 5.87. The Labute approximate surface area is 80.4 Å². The van der Waals surface area contributed by atoms with Gasteiger partial charge in [0.15, 0.2) is 0 Å². The lowest BCUT2D eigenvalue weighted by molar-refractivity contribution is 0.197. The molecule has 0 atom stereocenters. The predicted molar refractivity (Wildman–Crippen MR) is 54.9 cm³/mol. The maximum absolute atomic E-state index is 5.87. The molecule has 1 aliphatic rings. The second-order valence-corrected chi connectivity index (χ2v) is 3.63. The first-order valence-electron chi connectivity index (χ1n) is 5.13. The van der Waals surface area contributed by atoms with Crippen molar-refractivity contribution in [3.05, 3.63) is 0 Å². The summed E-state index contributed by atoms with van der Waals surface area (Å²) >= 11 is 0. The van der Waals surface area contributed by atoms with Gasteiger partial charge >= 0.3 is 0 Å². The van der Waals surface area contributed by atoms with Crippen LogP contribution in [0.2, 0.25) is 0 Å². The first-order chi connectivity index (χ1) is 6.34. The lowest BCUT2D eigenvalue weighted by Crippen LogP contribution is -2.21. The maximum atomic E-state index is 5.87. The number of nitrogens with two attached hydrogens (primary N) is 1. The van der Waals surface area contributed by atoms with Gasteiger partial charge < -0.3 is 10.5 Å². The van der Waals surface area contributed by atoms with Crippen molar-refractivity contribution in [2.45, 2.75) is 32.1 Å². The number of ether oxygens (including phenoxy) is 1. The fraction of sp³-hybridized carbons (Fsp3) is 0.900. The summed E-state index contributed by atoms with van der Waals surface area (Å²) in [6.45, 7) is 1.59. The average molecular weight is 184 g/mol. The molecule has 2 N–H and O–H groups in total. The first kappa shape index (κ1) is 10.5. The number of hydrogen-bond acceptors (Lipinski definition) is 2. The van der Waals surface area contributed by atoms with Crippen LogP contribution in [0.1, 0.15) is 32.1 Å². The van der Waals surface area contributed by atoms with Gasteiger partial charge in [0, 0.05) is 26.2 Å². The molecule has 0 saturated heterocycles. The van der Waals surface area contributed by atoms with Crippen molar-refractivity contribution in [3.8, 4) is 0 Å². The van der Waals surface area contributed by atoms with E-state index < -0.39 is 0 Å². The number of aliphatic imine (C=N–C) groups is 1. The number of hydrogen-bond donors (Lipinski definition) is 1. The first-order valence-corrected chi connectivity index (χ1v) is 5.13. The summed E-state index contributed by atoms with van der Waals surface area (Å²) in [5, 5.41) is 0. The number of rotatable bonds is 5. The van der Waals surface area contributed by atoms with Gasteiger partial charge in [0.1, 0.15) is 0 Å². The van der Waals surface area contributed by atoms with E-state index in [2.05, 4.69) is 4.99 Å². The molecule has 0 bridgehead atoms. The second-order valence-electron chi connectivity index (χ2n) is 3.63. The van der Waals surface area contributed by atoms with Gasteiger partial charge in [-0.05, 0) is 19.3 Å². The van der Waals surface area contributed by atoms with Crippen LogP contribution >= 0.6 is 0 Å². The van der Waals surface area contributed by atoms with E-state index in [0.717, 1.165) is 25.4 Å². The Balaban J connectivity index is 2.16. The number of methoxy groups -OCH3 is 1. The Hall–Kier alpha value is -0.570. The van der Waals surface area contributed by atoms with Crippen molar-refractivity contribution < 1.29 is 4.74 Å². The molecule has 0 unspecified atom stereocenters. The summed E-state index contributed by atoms with van der Waals surface area (Å²) in [6.07, 6.45) is 6.08. The van der Waals surface area contributed by atoms with E-state index in [-0.39, 0.29) is 0 Å². The number of amidine groups is 1. The van der Waals surface area contributed by atoms with E-state index in [0.29, 0.717) is 5.92 Å². The van der Waals surface area contributed by atoms with Crippen LogP contribution in [-0.2, 0) is 4.74 Å².